The molecule has 0 atom stereocenters. The molecule has 0 aliphatic heterocycles. The Labute approximate surface area is 198 Å². The highest BCUT2D eigenvalue weighted by Crippen LogP contribution is 2.28. The third-order valence-electron chi connectivity index (χ3n) is 6.03. The third kappa shape index (κ3) is 4.97. The van der Waals surface area contributed by atoms with E-state index in [9.17, 15) is 9.59 Å². The predicted molar refractivity (Wildman–Crippen MR) is 133 cm³/mol. The van der Waals surface area contributed by atoms with Crippen LogP contribution in [0.5, 0.6) is 5.75 Å². The fourth-order valence-electron chi connectivity index (χ4n) is 4.30. The summed E-state index contributed by atoms with van der Waals surface area (Å²) in [4.78, 5) is 28.0. The molecule has 2 heterocycles. The molecule has 0 unspecified atom stereocenters. The Hall–Kier alpha value is -3.65. The van der Waals surface area contributed by atoms with Crippen molar-refractivity contribution in [3.8, 4) is 5.75 Å². The number of carbonyl (C=O) groups is 1. The van der Waals surface area contributed by atoms with Gasteiger partial charge in [-0.3, -0.25) is 18.9 Å². The van der Waals surface area contributed by atoms with Gasteiger partial charge in [0.1, 0.15) is 23.6 Å². The molecule has 0 aliphatic rings. The molecule has 8 nitrogen and oxygen atoms in total. The number of methoxy groups -OCH3 is 1. The smallest absolute Gasteiger partial charge is 0.291 e. The number of ether oxygens (including phenoxy) is 1. The molecule has 1 amide bonds. The number of aryl methyl sites for hydroxylation is 1. The summed E-state index contributed by atoms with van der Waals surface area (Å²) in [5.74, 6) is 1.10. The zero-order valence-corrected chi connectivity index (χ0v) is 20.0. The SMILES string of the molecule is CCN(CCCNC(=O)Cn1nc(C)n2c(cc3c(OC)cccc32)c1=O)Cc1ccccc1. The van der Waals surface area contributed by atoms with E-state index in [0.717, 1.165) is 37.0 Å². The summed E-state index contributed by atoms with van der Waals surface area (Å²) in [6, 6.07) is 17.8. The monoisotopic (exact) mass is 461 g/mol. The maximum atomic E-state index is 13.1. The van der Waals surface area contributed by atoms with Crippen molar-refractivity contribution in [1.29, 1.82) is 0 Å². The fourth-order valence-corrected chi connectivity index (χ4v) is 4.30. The summed E-state index contributed by atoms with van der Waals surface area (Å²) in [6.45, 7) is 7.11. The Morgan fingerprint density at radius 2 is 1.91 bits per heavy atom. The van der Waals surface area contributed by atoms with Gasteiger partial charge in [-0.1, -0.05) is 43.3 Å². The van der Waals surface area contributed by atoms with Gasteiger partial charge in [0.15, 0.2) is 0 Å². The molecule has 1 N–H and O–H groups in total. The molecule has 0 bridgehead atoms. The second-order valence-electron chi connectivity index (χ2n) is 8.33. The van der Waals surface area contributed by atoms with Crippen LogP contribution in [0.1, 0.15) is 24.7 Å². The van der Waals surface area contributed by atoms with E-state index in [-0.39, 0.29) is 18.0 Å². The van der Waals surface area contributed by atoms with E-state index in [1.807, 2.05) is 43.3 Å². The molecule has 178 valence electrons. The van der Waals surface area contributed by atoms with Crippen molar-refractivity contribution < 1.29 is 9.53 Å². The number of aromatic nitrogens is 3. The van der Waals surface area contributed by atoms with Crippen LogP contribution in [-0.4, -0.2) is 51.7 Å². The van der Waals surface area contributed by atoms with Crippen molar-refractivity contribution in [1.82, 2.24) is 24.4 Å². The predicted octanol–water partition coefficient (Wildman–Crippen LogP) is 2.99. The Kier molecular flexibility index (Phi) is 7.27. The molecule has 0 radical (unpaired) electrons. The van der Waals surface area contributed by atoms with E-state index in [2.05, 4.69) is 34.4 Å². The van der Waals surface area contributed by atoms with Crippen LogP contribution in [0.25, 0.3) is 16.4 Å². The summed E-state index contributed by atoms with van der Waals surface area (Å²) in [5.41, 5.74) is 2.29. The number of benzene rings is 2. The van der Waals surface area contributed by atoms with E-state index < -0.39 is 0 Å². The van der Waals surface area contributed by atoms with Crippen LogP contribution in [0, 0.1) is 6.92 Å². The van der Waals surface area contributed by atoms with Crippen LogP contribution in [0.15, 0.2) is 59.4 Å². The molecule has 0 spiro atoms. The lowest BCUT2D eigenvalue weighted by atomic mass is 10.2. The number of rotatable bonds is 10. The van der Waals surface area contributed by atoms with E-state index in [1.54, 1.807) is 17.6 Å². The zero-order valence-electron chi connectivity index (χ0n) is 20.0. The number of hydrogen-bond acceptors (Lipinski definition) is 5. The molecule has 34 heavy (non-hydrogen) atoms. The summed E-state index contributed by atoms with van der Waals surface area (Å²) in [6.07, 6.45) is 0.830. The summed E-state index contributed by atoms with van der Waals surface area (Å²) in [7, 11) is 1.60. The Bertz CT molecular complexity index is 1340. The Morgan fingerprint density at radius 3 is 2.65 bits per heavy atom. The standard InChI is InChI=1S/C26H31N5O3/c1-4-29(17-20-10-6-5-7-11-20)15-9-14-27-25(32)18-30-26(33)23-16-21-22(31(23)19(2)28-30)12-8-13-24(21)34-3/h5-8,10-13,16H,4,9,14-15,17-18H2,1-3H3,(H,27,32). The quantitative estimate of drug-likeness (QED) is 0.367. The first-order chi connectivity index (χ1) is 16.5. The molecular formula is C26H31N5O3. The maximum Gasteiger partial charge on any atom is 0.291 e. The zero-order chi connectivity index (χ0) is 24.1. The molecule has 2 aromatic heterocycles. The average molecular weight is 462 g/mol. The minimum Gasteiger partial charge on any atom is -0.496 e. The molecule has 0 saturated carbocycles. The van der Waals surface area contributed by atoms with Gasteiger partial charge < -0.3 is 10.1 Å². The maximum absolute atomic E-state index is 13.1. The number of hydrogen-bond donors (Lipinski definition) is 1. The van der Waals surface area contributed by atoms with E-state index in [4.69, 9.17) is 4.74 Å². The van der Waals surface area contributed by atoms with Crippen LogP contribution in [0.3, 0.4) is 0 Å². The number of fused-ring (bicyclic) bond motifs is 3. The largest absolute Gasteiger partial charge is 0.496 e. The molecule has 0 aliphatic carbocycles. The Balaban J connectivity index is 1.38. The van der Waals surface area contributed by atoms with Crippen LogP contribution < -0.4 is 15.6 Å². The van der Waals surface area contributed by atoms with Crippen molar-refractivity contribution >= 4 is 22.3 Å². The van der Waals surface area contributed by atoms with Crippen LogP contribution >= 0.6 is 0 Å². The van der Waals surface area contributed by atoms with Crippen molar-refractivity contribution in [2.75, 3.05) is 26.7 Å². The van der Waals surface area contributed by atoms with Gasteiger partial charge in [0.25, 0.3) is 5.56 Å². The normalized spacial score (nSPS) is 11.4. The topological polar surface area (TPSA) is 80.9 Å². The van der Waals surface area contributed by atoms with Crippen LogP contribution in [-0.2, 0) is 17.9 Å². The minimum atomic E-state index is -0.306. The molecule has 2 aromatic carbocycles. The second kappa shape index (κ2) is 10.5. The summed E-state index contributed by atoms with van der Waals surface area (Å²) >= 11 is 0. The second-order valence-corrected chi connectivity index (χ2v) is 8.33. The molecule has 8 heteroatoms. The first-order valence-corrected chi connectivity index (χ1v) is 11.6. The first-order valence-electron chi connectivity index (χ1n) is 11.6. The van der Waals surface area contributed by atoms with E-state index in [0.29, 0.717) is 23.6 Å². The van der Waals surface area contributed by atoms with Gasteiger partial charge in [-0.25, -0.2) is 4.68 Å². The van der Waals surface area contributed by atoms with Gasteiger partial charge in [0.2, 0.25) is 5.91 Å². The fraction of sp³-hybridized carbons (Fsp3) is 0.346. The third-order valence-corrected chi connectivity index (χ3v) is 6.03. The van der Waals surface area contributed by atoms with Gasteiger partial charge in [0, 0.05) is 25.0 Å². The molecular weight excluding hydrogens is 430 g/mol. The lowest BCUT2D eigenvalue weighted by molar-refractivity contribution is -0.121. The highest BCUT2D eigenvalue weighted by atomic mass is 16.5. The highest BCUT2D eigenvalue weighted by Gasteiger charge is 2.16. The van der Waals surface area contributed by atoms with Gasteiger partial charge in [-0.05, 0) is 43.7 Å². The van der Waals surface area contributed by atoms with Gasteiger partial charge in [0.05, 0.1) is 12.6 Å². The molecule has 4 rings (SSSR count). The lowest BCUT2D eigenvalue weighted by Gasteiger charge is -2.20. The van der Waals surface area contributed by atoms with Gasteiger partial charge >= 0.3 is 0 Å². The Morgan fingerprint density at radius 1 is 1.12 bits per heavy atom. The lowest BCUT2D eigenvalue weighted by Crippen LogP contribution is -2.36. The van der Waals surface area contributed by atoms with Crippen LogP contribution in [0.4, 0.5) is 0 Å². The van der Waals surface area contributed by atoms with Crippen LogP contribution in [0.2, 0.25) is 0 Å². The average Bonchev–Trinajstić information content (AvgIpc) is 3.25. The number of nitrogens with zero attached hydrogens (tertiary/aromatic N) is 4. The highest BCUT2D eigenvalue weighted by molar-refractivity contribution is 5.92. The molecule has 4 aromatic rings. The molecule has 0 saturated heterocycles. The minimum absolute atomic E-state index is 0.115. The van der Waals surface area contributed by atoms with E-state index in [1.165, 1.54) is 10.2 Å². The van der Waals surface area contributed by atoms with Crippen molar-refractivity contribution in [2.45, 2.75) is 33.4 Å². The van der Waals surface area contributed by atoms with Crippen molar-refractivity contribution in [3.05, 3.63) is 76.3 Å². The van der Waals surface area contributed by atoms with E-state index >= 15 is 0 Å². The van der Waals surface area contributed by atoms with Gasteiger partial charge in [-0.2, -0.15) is 5.10 Å². The number of nitrogens with one attached hydrogen (secondary N) is 1. The number of carbonyl (C=O) groups excluding carboxylic acids is 1. The van der Waals surface area contributed by atoms with Crippen molar-refractivity contribution in [2.24, 2.45) is 0 Å². The molecule has 0 fully saturated rings. The van der Waals surface area contributed by atoms with Gasteiger partial charge in [-0.15, -0.1) is 0 Å². The first kappa shape index (κ1) is 23.5. The summed E-state index contributed by atoms with van der Waals surface area (Å²) in [5, 5.41) is 8.15. The number of amides is 1. The van der Waals surface area contributed by atoms with Crippen molar-refractivity contribution in [3.63, 3.8) is 0 Å². The summed E-state index contributed by atoms with van der Waals surface area (Å²) < 4.78 is 8.48.